The van der Waals surface area contributed by atoms with Gasteiger partial charge in [0.25, 0.3) is 0 Å². The van der Waals surface area contributed by atoms with Gasteiger partial charge in [-0.3, -0.25) is 4.79 Å². The molecule has 1 unspecified atom stereocenters. The fraction of sp³-hybridized carbons (Fsp3) is 0.471. The van der Waals surface area contributed by atoms with Crippen LogP contribution in [0.15, 0.2) is 24.3 Å². The lowest BCUT2D eigenvalue weighted by atomic mass is 9.96. The van der Waals surface area contributed by atoms with Crippen LogP contribution in [0.4, 0.5) is 11.4 Å². The van der Waals surface area contributed by atoms with Crippen molar-refractivity contribution in [2.45, 2.75) is 40.7 Å². The Balaban J connectivity index is 2.52. The Kier molecular flexibility index (Phi) is 3.89. The van der Waals surface area contributed by atoms with E-state index in [4.69, 9.17) is 0 Å². The molecule has 0 spiro atoms. The number of rotatable bonds is 3. The summed E-state index contributed by atoms with van der Waals surface area (Å²) >= 11 is 0. The molecule has 0 aromatic heterocycles. The van der Waals surface area contributed by atoms with Gasteiger partial charge in [0.15, 0.2) is 0 Å². The molecule has 1 atom stereocenters. The van der Waals surface area contributed by atoms with E-state index < -0.39 is 0 Å². The summed E-state index contributed by atoms with van der Waals surface area (Å²) in [5, 5.41) is 3.40. The summed E-state index contributed by atoms with van der Waals surface area (Å²) in [6.45, 7) is 14.8. The summed E-state index contributed by atoms with van der Waals surface area (Å²) in [5.41, 5.74) is 5.45. The molecule has 1 amide bonds. The van der Waals surface area contributed by atoms with Gasteiger partial charge in [-0.15, -0.1) is 0 Å². The minimum absolute atomic E-state index is 0.138. The second kappa shape index (κ2) is 5.31. The van der Waals surface area contributed by atoms with Crippen LogP contribution in [0.2, 0.25) is 0 Å². The number of hydrogen-bond donors (Lipinski definition) is 1. The molecule has 3 heteroatoms. The molecule has 2 rings (SSSR count). The number of nitrogens with one attached hydrogen (secondary N) is 1. The van der Waals surface area contributed by atoms with Crippen LogP contribution in [0.5, 0.6) is 0 Å². The van der Waals surface area contributed by atoms with Crippen LogP contribution < -0.4 is 10.2 Å². The number of amides is 1. The molecule has 0 aliphatic carbocycles. The topological polar surface area (TPSA) is 32.3 Å². The van der Waals surface area contributed by atoms with Crippen LogP contribution in [-0.2, 0) is 4.79 Å². The Bertz CT molecular complexity index is 560. The van der Waals surface area contributed by atoms with Gasteiger partial charge in [0.05, 0.1) is 11.4 Å². The van der Waals surface area contributed by atoms with Gasteiger partial charge in [-0.1, -0.05) is 26.0 Å². The van der Waals surface area contributed by atoms with Crippen LogP contribution in [0.25, 0.3) is 0 Å². The van der Waals surface area contributed by atoms with Crippen molar-refractivity contribution in [3.05, 3.63) is 35.4 Å². The highest BCUT2D eigenvalue weighted by Gasteiger charge is 2.34. The molecule has 3 nitrogen and oxygen atoms in total. The molecule has 108 valence electrons. The fourth-order valence-corrected chi connectivity index (χ4v) is 2.54. The smallest absolute Gasteiger partial charge is 0.250 e. The summed E-state index contributed by atoms with van der Waals surface area (Å²) in [6.07, 6.45) is 0. The Morgan fingerprint density at radius 3 is 2.50 bits per heavy atom. The summed E-state index contributed by atoms with van der Waals surface area (Å²) in [6, 6.07) is 4.07. The van der Waals surface area contributed by atoms with Crippen molar-refractivity contribution in [2.24, 2.45) is 5.92 Å². The monoisotopic (exact) mass is 272 g/mol. The number of aryl methyl sites for hydroxylation is 2. The highest BCUT2D eigenvalue weighted by Crippen LogP contribution is 2.35. The van der Waals surface area contributed by atoms with Gasteiger partial charge in [0.1, 0.15) is 6.04 Å². The number of fused-ring (bicyclic) bond motifs is 1. The summed E-state index contributed by atoms with van der Waals surface area (Å²) in [4.78, 5) is 14.6. The van der Waals surface area contributed by atoms with Crippen LogP contribution >= 0.6 is 0 Å². The third kappa shape index (κ3) is 2.58. The van der Waals surface area contributed by atoms with Crippen molar-refractivity contribution < 1.29 is 4.79 Å². The minimum atomic E-state index is -0.163. The van der Waals surface area contributed by atoms with Gasteiger partial charge in [0, 0.05) is 6.54 Å². The lowest BCUT2D eigenvalue weighted by Gasteiger charge is -2.37. The first-order valence-corrected chi connectivity index (χ1v) is 7.14. The summed E-state index contributed by atoms with van der Waals surface area (Å²) < 4.78 is 0. The SMILES string of the molecule is C=C(C)CN1C(=O)C(C(C)C)Nc2cc(C)c(C)cc21. The zero-order chi connectivity index (χ0) is 15.0. The Morgan fingerprint density at radius 1 is 1.35 bits per heavy atom. The van der Waals surface area contributed by atoms with Gasteiger partial charge in [-0.2, -0.15) is 0 Å². The quantitative estimate of drug-likeness (QED) is 0.852. The number of benzene rings is 1. The molecule has 20 heavy (non-hydrogen) atoms. The average Bonchev–Trinajstić information content (AvgIpc) is 2.34. The molecule has 0 saturated heterocycles. The van der Waals surface area contributed by atoms with Gasteiger partial charge >= 0.3 is 0 Å². The molecule has 1 heterocycles. The minimum Gasteiger partial charge on any atom is -0.372 e. The zero-order valence-electron chi connectivity index (χ0n) is 13.1. The first-order valence-electron chi connectivity index (χ1n) is 7.14. The molecule has 1 aliphatic rings. The third-order valence-electron chi connectivity index (χ3n) is 3.84. The number of carbonyl (C=O) groups is 1. The zero-order valence-corrected chi connectivity index (χ0v) is 13.1. The van der Waals surface area contributed by atoms with Crippen molar-refractivity contribution in [3.8, 4) is 0 Å². The Morgan fingerprint density at radius 2 is 1.95 bits per heavy atom. The van der Waals surface area contributed by atoms with Crippen LogP contribution in [0.1, 0.15) is 31.9 Å². The molecule has 1 aromatic rings. The predicted octanol–water partition coefficient (Wildman–Crippen LogP) is 3.66. The van der Waals surface area contributed by atoms with Gasteiger partial charge in [-0.05, 0) is 49.9 Å². The van der Waals surface area contributed by atoms with Crippen molar-refractivity contribution in [1.82, 2.24) is 0 Å². The maximum Gasteiger partial charge on any atom is 0.250 e. The Hall–Kier alpha value is -1.77. The Labute approximate surface area is 121 Å². The lowest BCUT2D eigenvalue weighted by molar-refractivity contribution is -0.120. The molecule has 1 aromatic carbocycles. The van der Waals surface area contributed by atoms with E-state index in [2.05, 4.69) is 51.7 Å². The largest absolute Gasteiger partial charge is 0.372 e. The standard InChI is InChI=1S/C17H24N2O/c1-10(2)9-19-15-8-13(6)12(5)7-14(15)18-16(11(3)4)17(19)20/h7-8,11,16,18H,1,9H2,2-6H3. The first kappa shape index (κ1) is 14.6. The van der Waals surface area contributed by atoms with Crippen molar-refractivity contribution in [3.63, 3.8) is 0 Å². The van der Waals surface area contributed by atoms with E-state index in [1.807, 2.05) is 11.8 Å². The van der Waals surface area contributed by atoms with Crippen molar-refractivity contribution in [2.75, 3.05) is 16.8 Å². The van der Waals surface area contributed by atoms with E-state index in [1.54, 1.807) is 0 Å². The first-order chi connectivity index (χ1) is 9.31. The number of carbonyl (C=O) groups excluding carboxylic acids is 1. The van der Waals surface area contributed by atoms with E-state index in [1.165, 1.54) is 11.1 Å². The van der Waals surface area contributed by atoms with Crippen LogP contribution in [0.3, 0.4) is 0 Å². The predicted molar refractivity (Wildman–Crippen MR) is 85.3 cm³/mol. The van der Waals surface area contributed by atoms with Crippen molar-refractivity contribution >= 4 is 17.3 Å². The van der Waals surface area contributed by atoms with Crippen LogP contribution in [-0.4, -0.2) is 18.5 Å². The van der Waals surface area contributed by atoms with E-state index in [0.29, 0.717) is 6.54 Å². The third-order valence-corrected chi connectivity index (χ3v) is 3.84. The lowest BCUT2D eigenvalue weighted by Crippen LogP contribution is -2.50. The normalized spacial score (nSPS) is 18.0. The fourth-order valence-electron chi connectivity index (χ4n) is 2.54. The molecule has 1 N–H and O–H groups in total. The molecule has 0 fully saturated rings. The number of nitrogens with zero attached hydrogens (tertiary/aromatic N) is 1. The second-order valence-electron chi connectivity index (χ2n) is 6.20. The summed E-state index contributed by atoms with van der Waals surface area (Å²) in [7, 11) is 0. The molecule has 0 saturated carbocycles. The van der Waals surface area contributed by atoms with Gasteiger partial charge in [-0.25, -0.2) is 0 Å². The number of anilines is 2. The average molecular weight is 272 g/mol. The molecule has 0 bridgehead atoms. The number of hydrogen-bond acceptors (Lipinski definition) is 2. The highest BCUT2D eigenvalue weighted by molar-refractivity contribution is 6.05. The van der Waals surface area contributed by atoms with Gasteiger partial charge in [0.2, 0.25) is 5.91 Å². The van der Waals surface area contributed by atoms with E-state index in [0.717, 1.165) is 16.9 Å². The van der Waals surface area contributed by atoms with E-state index in [-0.39, 0.29) is 17.9 Å². The van der Waals surface area contributed by atoms with E-state index in [9.17, 15) is 4.79 Å². The van der Waals surface area contributed by atoms with Crippen LogP contribution in [0, 0.1) is 19.8 Å². The summed E-state index contributed by atoms with van der Waals surface area (Å²) in [5.74, 6) is 0.392. The van der Waals surface area contributed by atoms with Gasteiger partial charge < -0.3 is 10.2 Å². The molecular weight excluding hydrogens is 248 g/mol. The molecule has 1 aliphatic heterocycles. The maximum atomic E-state index is 12.7. The highest BCUT2D eigenvalue weighted by atomic mass is 16.2. The second-order valence-corrected chi connectivity index (χ2v) is 6.20. The van der Waals surface area contributed by atoms with Crippen molar-refractivity contribution in [1.29, 1.82) is 0 Å². The molecule has 0 radical (unpaired) electrons. The maximum absolute atomic E-state index is 12.7. The van der Waals surface area contributed by atoms with E-state index >= 15 is 0 Å². The molecular formula is C17H24N2O.